The lowest BCUT2D eigenvalue weighted by atomic mass is 10.2. The van der Waals surface area contributed by atoms with Crippen LogP contribution < -0.4 is 5.32 Å². The highest BCUT2D eigenvalue weighted by molar-refractivity contribution is 7.99. The van der Waals surface area contributed by atoms with Gasteiger partial charge in [0.2, 0.25) is 5.91 Å². The van der Waals surface area contributed by atoms with Gasteiger partial charge in [0.05, 0.1) is 6.42 Å². The van der Waals surface area contributed by atoms with Gasteiger partial charge in [-0.2, -0.15) is 0 Å². The molecule has 0 aliphatic rings. The number of rotatable bonds is 7. The molecular weight excluding hydrogens is 302 g/mol. The summed E-state index contributed by atoms with van der Waals surface area (Å²) in [6, 6.07) is 8.01. The van der Waals surface area contributed by atoms with Gasteiger partial charge in [-0.15, -0.1) is 11.8 Å². The lowest BCUT2D eigenvalue weighted by molar-refractivity contribution is -0.149. The fourth-order valence-corrected chi connectivity index (χ4v) is 2.26. The zero-order valence-electron chi connectivity index (χ0n) is 13.0. The lowest BCUT2D eigenvalue weighted by Gasteiger charge is -2.07. The third kappa shape index (κ3) is 7.26. The van der Waals surface area contributed by atoms with E-state index in [-0.39, 0.29) is 18.2 Å². The number of benzene rings is 1. The number of aryl methyl sites for hydroxylation is 1. The van der Waals surface area contributed by atoms with E-state index in [0.717, 1.165) is 4.90 Å². The number of carbonyl (C=O) groups is 3. The van der Waals surface area contributed by atoms with Crippen molar-refractivity contribution in [2.45, 2.75) is 32.1 Å². The Hall–Kier alpha value is -1.82. The van der Waals surface area contributed by atoms with Crippen molar-refractivity contribution in [2.24, 2.45) is 5.92 Å². The molecule has 22 heavy (non-hydrogen) atoms. The molecule has 6 heteroatoms. The number of imide groups is 1. The molecule has 0 radical (unpaired) electrons. The Kier molecular flexibility index (Phi) is 7.66. The van der Waals surface area contributed by atoms with E-state index in [2.05, 4.69) is 5.32 Å². The van der Waals surface area contributed by atoms with Crippen molar-refractivity contribution in [3.63, 3.8) is 0 Å². The van der Waals surface area contributed by atoms with Gasteiger partial charge < -0.3 is 4.74 Å². The van der Waals surface area contributed by atoms with Gasteiger partial charge in [0, 0.05) is 16.6 Å². The SMILES string of the molecule is Cc1ccc(SCCC(=O)OCC(=O)NC(=O)C(C)C)cc1. The van der Waals surface area contributed by atoms with Gasteiger partial charge in [0.25, 0.3) is 5.91 Å². The number of ether oxygens (including phenoxy) is 1. The first kappa shape index (κ1) is 18.2. The number of amides is 2. The molecule has 0 fully saturated rings. The smallest absolute Gasteiger partial charge is 0.307 e. The summed E-state index contributed by atoms with van der Waals surface area (Å²) in [5, 5.41) is 2.16. The molecular formula is C16H21NO4S. The van der Waals surface area contributed by atoms with Crippen LogP contribution in [0.15, 0.2) is 29.2 Å². The first-order valence-corrected chi connectivity index (χ1v) is 8.06. The molecule has 0 atom stereocenters. The third-order valence-electron chi connectivity index (χ3n) is 2.75. The van der Waals surface area contributed by atoms with Crippen molar-refractivity contribution in [1.82, 2.24) is 5.32 Å². The Morgan fingerprint density at radius 3 is 2.41 bits per heavy atom. The number of carbonyl (C=O) groups excluding carboxylic acids is 3. The fraction of sp³-hybridized carbons (Fsp3) is 0.438. The van der Waals surface area contributed by atoms with Crippen LogP contribution in [0.2, 0.25) is 0 Å². The van der Waals surface area contributed by atoms with Gasteiger partial charge in [0.15, 0.2) is 6.61 Å². The number of nitrogens with one attached hydrogen (secondary N) is 1. The van der Waals surface area contributed by atoms with Gasteiger partial charge in [-0.1, -0.05) is 31.5 Å². The van der Waals surface area contributed by atoms with Gasteiger partial charge in [-0.3, -0.25) is 19.7 Å². The van der Waals surface area contributed by atoms with Gasteiger partial charge in [-0.05, 0) is 19.1 Å². The molecule has 1 N–H and O–H groups in total. The van der Waals surface area contributed by atoms with E-state index in [4.69, 9.17) is 4.74 Å². The van der Waals surface area contributed by atoms with Crippen LogP contribution in [0, 0.1) is 12.8 Å². The lowest BCUT2D eigenvalue weighted by Crippen LogP contribution is -2.36. The van der Waals surface area contributed by atoms with Gasteiger partial charge >= 0.3 is 5.97 Å². The summed E-state index contributed by atoms with van der Waals surface area (Å²) in [6.45, 7) is 4.95. The summed E-state index contributed by atoms with van der Waals surface area (Å²) in [7, 11) is 0. The van der Waals surface area contributed by atoms with Gasteiger partial charge in [0.1, 0.15) is 0 Å². The van der Waals surface area contributed by atoms with E-state index in [0.29, 0.717) is 5.75 Å². The predicted octanol–water partition coefficient (Wildman–Crippen LogP) is 2.32. The number of hydrogen-bond donors (Lipinski definition) is 1. The molecule has 5 nitrogen and oxygen atoms in total. The highest BCUT2D eigenvalue weighted by Gasteiger charge is 2.13. The second-order valence-electron chi connectivity index (χ2n) is 5.14. The minimum atomic E-state index is -0.599. The number of esters is 1. The molecule has 120 valence electrons. The molecule has 2 amide bonds. The summed E-state index contributed by atoms with van der Waals surface area (Å²) >= 11 is 1.55. The van der Waals surface area contributed by atoms with E-state index in [1.165, 1.54) is 5.56 Å². The molecule has 0 aliphatic carbocycles. The highest BCUT2D eigenvalue weighted by atomic mass is 32.2. The summed E-state index contributed by atoms with van der Waals surface area (Å²) in [6.07, 6.45) is 0.212. The van der Waals surface area contributed by atoms with E-state index in [1.54, 1.807) is 25.6 Å². The predicted molar refractivity (Wildman–Crippen MR) is 85.5 cm³/mol. The van der Waals surface area contributed by atoms with Crippen molar-refractivity contribution < 1.29 is 19.1 Å². The highest BCUT2D eigenvalue weighted by Crippen LogP contribution is 2.19. The van der Waals surface area contributed by atoms with E-state index < -0.39 is 18.5 Å². The van der Waals surface area contributed by atoms with Crippen molar-refractivity contribution in [2.75, 3.05) is 12.4 Å². The van der Waals surface area contributed by atoms with Crippen molar-refractivity contribution in [3.8, 4) is 0 Å². The average molecular weight is 323 g/mol. The molecule has 0 spiro atoms. The van der Waals surface area contributed by atoms with Crippen LogP contribution >= 0.6 is 11.8 Å². The van der Waals surface area contributed by atoms with E-state index >= 15 is 0 Å². The maximum absolute atomic E-state index is 11.5. The zero-order valence-corrected chi connectivity index (χ0v) is 13.9. The molecule has 0 aromatic heterocycles. The topological polar surface area (TPSA) is 72.5 Å². The van der Waals surface area contributed by atoms with Crippen LogP contribution in [0.5, 0.6) is 0 Å². The van der Waals surface area contributed by atoms with Crippen LogP contribution in [0.3, 0.4) is 0 Å². The normalized spacial score (nSPS) is 10.4. The van der Waals surface area contributed by atoms with Gasteiger partial charge in [-0.25, -0.2) is 0 Å². The molecule has 0 saturated heterocycles. The van der Waals surface area contributed by atoms with Crippen LogP contribution in [-0.2, 0) is 19.1 Å². The Morgan fingerprint density at radius 1 is 1.18 bits per heavy atom. The number of hydrogen-bond acceptors (Lipinski definition) is 5. The first-order chi connectivity index (χ1) is 10.4. The Balaban J connectivity index is 2.19. The van der Waals surface area contributed by atoms with E-state index in [1.807, 2.05) is 31.2 Å². The van der Waals surface area contributed by atoms with Crippen LogP contribution in [0.4, 0.5) is 0 Å². The minimum absolute atomic E-state index is 0.212. The van der Waals surface area contributed by atoms with Crippen molar-refractivity contribution in [1.29, 1.82) is 0 Å². The molecule has 1 aromatic rings. The molecule has 0 aliphatic heterocycles. The molecule has 0 unspecified atom stereocenters. The maximum atomic E-state index is 11.5. The zero-order chi connectivity index (χ0) is 16.5. The molecule has 0 bridgehead atoms. The average Bonchev–Trinajstić information content (AvgIpc) is 2.47. The summed E-state index contributed by atoms with van der Waals surface area (Å²) < 4.78 is 4.82. The quantitative estimate of drug-likeness (QED) is 0.616. The third-order valence-corrected chi connectivity index (χ3v) is 3.76. The number of thioether (sulfide) groups is 1. The fourth-order valence-electron chi connectivity index (χ4n) is 1.42. The second kappa shape index (κ2) is 9.25. The van der Waals surface area contributed by atoms with Crippen molar-refractivity contribution in [3.05, 3.63) is 29.8 Å². The van der Waals surface area contributed by atoms with E-state index in [9.17, 15) is 14.4 Å². The Morgan fingerprint density at radius 2 is 1.82 bits per heavy atom. The largest absolute Gasteiger partial charge is 0.456 e. The summed E-state index contributed by atoms with van der Waals surface area (Å²) in [4.78, 5) is 35.2. The molecule has 1 rings (SSSR count). The Bertz CT molecular complexity index is 525. The van der Waals surface area contributed by atoms with Crippen LogP contribution in [-0.4, -0.2) is 30.1 Å². The monoisotopic (exact) mass is 323 g/mol. The molecule has 1 aromatic carbocycles. The molecule has 0 heterocycles. The summed E-state index contributed by atoms with van der Waals surface area (Å²) in [5.74, 6) is -1.14. The first-order valence-electron chi connectivity index (χ1n) is 7.07. The maximum Gasteiger partial charge on any atom is 0.307 e. The minimum Gasteiger partial charge on any atom is -0.456 e. The second-order valence-corrected chi connectivity index (χ2v) is 6.31. The molecule has 0 saturated carbocycles. The van der Waals surface area contributed by atoms with Crippen LogP contribution in [0.25, 0.3) is 0 Å². The van der Waals surface area contributed by atoms with Crippen LogP contribution in [0.1, 0.15) is 25.8 Å². The van der Waals surface area contributed by atoms with Crippen molar-refractivity contribution >= 4 is 29.5 Å². The standard InChI is InChI=1S/C16H21NO4S/c1-11(2)16(20)17-14(18)10-21-15(19)8-9-22-13-6-4-12(3)5-7-13/h4-7,11H,8-10H2,1-3H3,(H,17,18,20). The Labute approximate surface area is 134 Å². The summed E-state index contributed by atoms with van der Waals surface area (Å²) in [5.41, 5.74) is 1.19.